The summed E-state index contributed by atoms with van der Waals surface area (Å²) in [5.74, 6) is -2.97. The van der Waals surface area contributed by atoms with Crippen LogP contribution in [0.15, 0.2) is 71.8 Å². The van der Waals surface area contributed by atoms with Crippen LogP contribution in [-0.4, -0.2) is 38.7 Å². The summed E-state index contributed by atoms with van der Waals surface area (Å²) in [6.07, 6.45) is 3.23. The highest BCUT2D eigenvalue weighted by Crippen LogP contribution is 2.32. The van der Waals surface area contributed by atoms with Gasteiger partial charge in [0.05, 0.1) is 28.4 Å². The van der Waals surface area contributed by atoms with Crippen molar-refractivity contribution in [3.05, 3.63) is 83.0 Å². The van der Waals surface area contributed by atoms with Crippen LogP contribution in [0.2, 0.25) is 0 Å². The van der Waals surface area contributed by atoms with Crippen LogP contribution < -0.4 is 11.0 Å². The van der Waals surface area contributed by atoms with Gasteiger partial charge in [-0.15, -0.1) is 0 Å². The van der Waals surface area contributed by atoms with Gasteiger partial charge in [0.1, 0.15) is 12.4 Å². The number of benzene rings is 2. The summed E-state index contributed by atoms with van der Waals surface area (Å²) in [5, 5.41) is 3.33. The Hall–Kier alpha value is -4.44. The summed E-state index contributed by atoms with van der Waals surface area (Å²) >= 11 is 0. The molecule has 188 valence electrons. The van der Waals surface area contributed by atoms with E-state index in [9.17, 15) is 18.4 Å². The molecular weight excluding hydrogens is 480 g/mol. The number of aryl methyl sites for hydroxylation is 1. The Labute approximate surface area is 210 Å². The number of nitrogens with one attached hydrogen (secondary N) is 1. The molecule has 0 bridgehead atoms. The highest BCUT2D eigenvalue weighted by atomic mass is 19.3. The number of fused-ring (bicyclic) bond motifs is 3. The minimum absolute atomic E-state index is 0.0747. The molecule has 0 atom stereocenters. The van der Waals surface area contributed by atoms with E-state index in [2.05, 4.69) is 15.3 Å². The molecule has 0 aliphatic carbocycles. The fraction of sp³-hybridized carbons (Fsp3) is 0.185. The van der Waals surface area contributed by atoms with Crippen molar-refractivity contribution < 1.29 is 18.3 Å². The Morgan fingerprint density at radius 2 is 1.84 bits per heavy atom. The average molecular weight is 504 g/mol. The second kappa shape index (κ2) is 9.21. The van der Waals surface area contributed by atoms with E-state index in [1.165, 1.54) is 34.4 Å². The fourth-order valence-corrected chi connectivity index (χ4v) is 4.28. The predicted molar refractivity (Wildman–Crippen MR) is 137 cm³/mol. The molecule has 5 rings (SSSR count). The number of rotatable bonds is 6. The molecule has 0 unspecified atom stereocenters. The van der Waals surface area contributed by atoms with Crippen LogP contribution in [0.1, 0.15) is 12.5 Å². The third-order valence-corrected chi connectivity index (χ3v) is 6.13. The lowest BCUT2D eigenvalue weighted by molar-refractivity contribution is -0.119. The molecule has 0 aliphatic heterocycles. The Bertz CT molecular complexity index is 1700. The number of hydrogen-bond acceptors (Lipinski definition) is 5. The van der Waals surface area contributed by atoms with Crippen molar-refractivity contribution >= 4 is 33.7 Å². The van der Waals surface area contributed by atoms with E-state index < -0.39 is 5.92 Å². The van der Waals surface area contributed by atoms with Crippen LogP contribution >= 0.6 is 0 Å². The maximum Gasteiger partial charge on any atom is 0.333 e. The number of aromatic nitrogens is 4. The van der Waals surface area contributed by atoms with E-state index in [1.807, 2.05) is 24.3 Å². The summed E-state index contributed by atoms with van der Waals surface area (Å²) in [7, 11) is 3.06. The van der Waals surface area contributed by atoms with Crippen molar-refractivity contribution in [2.24, 2.45) is 7.05 Å². The highest BCUT2D eigenvalue weighted by Gasteiger charge is 2.25. The first kappa shape index (κ1) is 24.3. The summed E-state index contributed by atoms with van der Waals surface area (Å²) in [4.78, 5) is 33.8. The Morgan fingerprint density at radius 1 is 1.05 bits per heavy atom. The van der Waals surface area contributed by atoms with Gasteiger partial charge in [0.2, 0.25) is 0 Å². The number of hydrogen-bond donors (Lipinski definition) is 1. The molecule has 2 aromatic carbocycles. The van der Waals surface area contributed by atoms with Gasteiger partial charge < -0.3 is 10.1 Å². The Balaban J connectivity index is 1.66. The van der Waals surface area contributed by atoms with Gasteiger partial charge in [0.15, 0.2) is 0 Å². The lowest BCUT2D eigenvalue weighted by Crippen LogP contribution is -2.21. The second-order valence-corrected chi connectivity index (χ2v) is 8.75. The van der Waals surface area contributed by atoms with Gasteiger partial charge in [0.25, 0.3) is 11.8 Å². The summed E-state index contributed by atoms with van der Waals surface area (Å²) < 4.78 is 35.8. The molecule has 0 aliphatic rings. The Kier molecular flexibility index (Phi) is 6.04. The molecule has 0 saturated carbocycles. The van der Waals surface area contributed by atoms with Crippen molar-refractivity contribution in [2.45, 2.75) is 12.8 Å². The Morgan fingerprint density at radius 3 is 2.54 bits per heavy atom. The normalized spacial score (nSPS) is 11.8. The van der Waals surface area contributed by atoms with Gasteiger partial charge in [-0.1, -0.05) is 18.2 Å². The quantitative estimate of drug-likeness (QED) is 0.365. The summed E-state index contributed by atoms with van der Waals surface area (Å²) in [6.45, 7) is 0.751. The largest absolute Gasteiger partial charge is 0.375 e. The number of pyridine rings is 2. The number of alkyl halides is 2. The number of carbonyl (C=O) groups excluding carboxylic acids is 1. The molecule has 0 saturated heterocycles. The minimum Gasteiger partial charge on any atom is -0.375 e. The number of ether oxygens (including phenoxy) is 1. The number of imidazole rings is 1. The maximum absolute atomic E-state index is 14.1. The van der Waals surface area contributed by atoms with Gasteiger partial charge in [-0.05, 0) is 42.0 Å². The number of nitrogens with zero attached hydrogens (tertiary/aromatic N) is 4. The SMILES string of the molecule is COCC(=O)Nc1ccc(-c2ccc3ncc4c(c3c2)n(-c2cccc(C(C)(F)F)c2)c(=O)n4C)cn1. The lowest BCUT2D eigenvalue weighted by atomic mass is 10.0. The molecule has 37 heavy (non-hydrogen) atoms. The molecule has 0 spiro atoms. The zero-order chi connectivity index (χ0) is 26.3. The van der Waals surface area contributed by atoms with Gasteiger partial charge in [-0.25, -0.2) is 18.6 Å². The van der Waals surface area contributed by atoms with Crippen molar-refractivity contribution in [3.8, 4) is 16.8 Å². The maximum atomic E-state index is 14.1. The van der Waals surface area contributed by atoms with Crippen LogP contribution in [0.5, 0.6) is 0 Å². The van der Waals surface area contributed by atoms with E-state index in [-0.39, 0.29) is 23.8 Å². The highest BCUT2D eigenvalue weighted by molar-refractivity contribution is 6.04. The van der Waals surface area contributed by atoms with Crippen molar-refractivity contribution in [3.63, 3.8) is 0 Å². The van der Waals surface area contributed by atoms with E-state index in [1.54, 1.807) is 31.6 Å². The first-order valence-corrected chi connectivity index (χ1v) is 11.4. The number of anilines is 1. The van der Waals surface area contributed by atoms with Gasteiger partial charge in [0, 0.05) is 43.8 Å². The number of methoxy groups -OCH3 is 1. The topological polar surface area (TPSA) is 91.0 Å². The zero-order valence-corrected chi connectivity index (χ0v) is 20.3. The molecule has 10 heteroatoms. The zero-order valence-electron chi connectivity index (χ0n) is 20.3. The third kappa shape index (κ3) is 4.47. The van der Waals surface area contributed by atoms with Gasteiger partial charge in [-0.2, -0.15) is 0 Å². The molecule has 3 heterocycles. The van der Waals surface area contributed by atoms with E-state index >= 15 is 0 Å². The molecule has 5 aromatic rings. The van der Waals surface area contributed by atoms with Crippen LogP contribution in [-0.2, 0) is 22.5 Å². The lowest BCUT2D eigenvalue weighted by Gasteiger charge is -2.13. The van der Waals surface area contributed by atoms with Crippen molar-refractivity contribution in [2.75, 3.05) is 19.0 Å². The molecule has 0 fully saturated rings. The fourth-order valence-electron chi connectivity index (χ4n) is 4.28. The number of carbonyl (C=O) groups is 1. The van der Waals surface area contributed by atoms with E-state index in [4.69, 9.17) is 4.74 Å². The molecular formula is C27H23F2N5O3. The van der Waals surface area contributed by atoms with Crippen LogP contribution in [0.3, 0.4) is 0 Å². The summed E-state index contributed by atoms with van der Waals surface area (Å²) in [6, 6.07) is 14.9. The first-order valence-electron chi connectivity index (χ1n) is 11.4. The smallest absolute Gasteiger partial charge is 0.333 e. The monoisotopic (exact) mass is 503 g/mol. The summed E-state index contributed by atoms with van der Waals surface area (Å²) in [5.41, 5.74) is 3.14. The minimum atomic E-state index is -3.05. The standard InChI is InChI=1S/C27H23F2N5O3/c1-27(28,29)18-5-4-6-19(12-18)34-25-20-11-16(7-9-21(20)30-14-22(25)33(2)26(34)36)17-8-10-23(31-13-17)32-24(35)15-37-3/h4-14H,15H2,1-3H3,(H,31,32,35). The molecule has 8 nitrogen and oxygen atoms in total. The third-order valence-electron chi connectivity index (χ3n) is 6.13. The predicted octanol–water partition coefficient (Wildman–Crippen LogP) is 4.64. The van der Waals surface area contributed by atoms with Crippen molar-refractivity contribution in [1.29, 1.82) is 0 Å². The van der Waals surface area contributed by atoms with Crippen LogP contribution in [0.25, 0.3) is 38.8 Å². The van der Waals surface area contributed by atoms with E-state index in [0.717, 1.165) is 18.1 Å². The van der Waals surface area contributed by atoms with Gasteiger partial charge >= 0.3 is 5.69 Å². The van der Waals surface area contributed by atoms with Crippen molar-refractivity contribution in [1.82, 2.24) is 19.1 Å². The molecule has 0 radical (unpaired) electrons. The second-order valence-electron chi connectivity index (χ2n) is 8.75. The van der Waals surface area contributed by atoms with Crippen LogP contribution in [0, 0.1) is 0 Å². The average Bonchev–Trinajstić information content (AvgIpc) is 3.14. The molecule has 1 amide bonds. The number of halogens is 2. The first-order chi connectivity index (χ1) is 17.7. The number of amides is 1. The van der Waals surface area contributed by atoms with Gasteiger partial charge in [-0.3, -0.25) is 18.9 Å². The molecule has 1 N–H and O–H groups in total. The van der Waals surface area contributed by atoms with E-state index in [0.29, 0.717) is 33.4 Å². The molecule has 3 aromatic heterocycles. The van der Waals surface area contributed by atoms with Crippen LogP contribution in [0.4, 0.5) is 14.6 Å².